The van der Waals surface area contributed by atoms with E-state index in [0.717, 1.165) is 27.4 Å². The first-order valence-corrected chi connectivity index (χ1v) is 6.93. The maximum atomic E-state index is 11.6. The van der Waals surface area contributed by atoms with Crippen molar-refractivity contribution >= 4 is 27.7 Å². The van der Waals surface area contributed by atoms with Crippen LogP contribution in [0.15, 0.2) is 48.9 Å². The van der Waals surface area contributed by atoms with Crippen molar-refractivity contribution in [2.24, 2.45) is 0 Å². The Morgan fingerprint density at radius 3 is 2.95 bits per heavy atom. The van der Waals surface area contributed by atoms with Crippen molar-refractivity contribution in [1.82, 2.24) is 15.3 Å². The highest BCUT2D eigenvalue weighted by Gasteiger charge is 2.06. The van der Waals surface area contributed by atoms with Crippen LogP contribution >= 0.6 is 0 Å². The largest absolute Gasteiger partial charge is 0.354 e. The van der Waals surface area contributed by atoms with E-state index in [1.54, 1.807) is 13.1 Å². The molecule has 3 rings (SSSR count). The highest BCUT2D eigenvalue weighted by molar-refractivity contribution is 6.06. The minimum atomic E-state index is 0.00319. The van der Waals surface area contributed by atoms with E-state index in [2.05, 4.69) is 40.1 Å². The van der Waals surface area contributed by atoms with Gasteiger partial charge in [-0.15, -0.1) is 0 Å². The van der Waals surface area contributed by atoms with E-state index in [9.17, 15) is 4.79 Å². The van der Waals surface area contributed by atoms with Gasteiger partial charge in [0.05, 0.1) is 0 Å². The quantitative estimate of drug-likeness (QED) is 0.770. The number of hydrogen-bond donors (Lipinski definition) is 2. The summed E-state index contributed by atoms with van der Waals surface area (Å²) in [4.78, 5) is 19.2. The van der Waals surface area contributed by atoms with Crippen LogP contribution in [0.4, 0.5) is 0 Å². The zero-order valence-corrected chi connectivity index (χ0v) is 11.9. The maximum absolute atomic E-state index is 11.6. The van der Waals surface area contributed by atoms with Gasteiger partial charge in [0.2, 0.25) is 5.91 Å². The summed E-state index contributed by atoms with van der Waals surface area (Å²) in [6.45, 7) is 5.45. The third kappa shape index (κ3) is 2.79. The van der Waals surface area contributed by atoms with Gasteiger partial charge in [0.25, 0.3) is 0 Å². The SMILES string of the molecule is C=C(C)NC(=O)CCc1ccc2c(c1)[nH]c1ccncc12. The smallest absolute Gasteiger partial charge is 0.224 e. The molecular weight excluding hydrogens is 262 g/mol. The number of carbonyl (C=O) groups excluding carboxylic acids is 1. The summed E-state index contributed by atoms with van der Waals surface area (Å²) < 4.78 is 0. The van der Waals surface area contributed by atoms with Crippen LogP contribution in [-0.4, -0.2) is 15.9 Å². The first kappa shape index (κ1) is 13.4. The number of aromatic amines is 1. The monoisotopic (exact) mass is 279 g/mol. The molecule has 4 nitrogen and oxygen atoms in total. The molecule has 4 heteroatoms. The Labute approximate surface area is 122 Å². The number of amides is 1. The standard InChI is InChI=1S/C17H17N3O/c1-11(2)19-17(21)6-4-12-3-5-13-14-10-18-8-7-15(14)20-16(13)9-12/h3,5,7-10,20H,1,4,6H2,2H3,(H,19,21). The molecule has 106 valence electrons. The predicted molar refractivity (Wildman–Crippen MR) is 84.9 cm³/mol. The molecular formula is C17H17N3O. The van der Waals surface area contributed by atoms with Crippen molar-refractivity contribution in [3.05, 3.63) is 54.5 Å². The van der Waals surface area contributed by atoms with Gasteiger partial charge in [-0.2, -0.15) is 0 Å². The van der Waals surface area contributed by atoms with E-state index in [1.165, 1.54) is 0 Å². The van der Waals surface area contributed by atoms with E-state index in [-0.39, 0.29) is 5.91 Å². The maximum Gasteiger partial charge on any atom is 0.224 e. The number of rotatable bonds is 4. The summed E-state index contributed by atoms with van der Waals surface area (Å²) in [5.74, 6) is 0.00319. The average Bonchev–Trinajstić information content (AvgIpc) is 2.82. The summed E-state index contributed by atoms with van der Waals surface area (Å²) >= 11 is 0. The second-order valence-corrected chi connectivity index (χ2v) is 5.25. The molecule has 2 heterocycles. The van der Waals surface area contributed by atoms with Crippen molar-refractivity contribution in [3.63, 3.8) is 0 Å². The number of allylic oxidation sites excluding steroid dienone is 1. The molecule has 0 aliphatic heterocycles. The lowest BCUT2D eigenvalue weighted by Crippen LogP contribution is -2.20. The molecule has 0 aliphatic carbocycles. The Balaban J connectivity index is 1.83. The fraction of sp³-hybridized carbons (Fsp3) is 0.176. The third-order valence-corrected chi connectivity index (χ3v) is 3.46. The molecule has 0 saturated carbocycles. The zero-order valence-electron chi connectivity index (χ0n) is 11.9. The van der Waals surface area contributed by atoms with Gasteiger partial charge in [0.1, 0.15) is 0 Å². The average molecular weight is 279 g/mol. The van der Waals surface area contributed by atoms with E-state index < -0.39 is 0 Å². The topological polar surface area (TPSA) is 57.8 Å². The van der Waals surface area contributed by atoms with E-state index >= 15 is 0 Å². The summed E-state index contributed by atoms with van der Waals surface area (Å²) in [6.07, 6.45) is 4.82. The van der Waals surface area contributed by atoms with E-state index in [4.69, 9.17) is 0 Å². The fourth-order valence-electron chi connectivity index (χ4n) is 2.51. The van der Waals surface area contributed by atoms with Crippen molar-refractivity contribution < 1.29 is 4.79 Å². The Bertz CT molecular complexity index is 832. The molecule has 0 aliphatic rings. The first-order chi connectivity index (χ1) is 10.1. The van der Waals surface area contributed by atoms with Crippen LogP contribution in [0.3, 0.4) is 0 Å². The normalized spacial score (nSPS) is 10.9. The molecule has 1 amide bonds. The second-order valence-electron chi connectivity index (χ2n) is 5.25. The van der Waals surface area contributed by atoms with Gasteiger partial charge in [-0.3, -0.25) is 9.78 Å². The number of carbonyl (C=O) groups is 1. The Morgan fingerprint density at radius 2 is 2.14 bits per heavy atom. The van der Waals surface area contributed by atoms with Gasteiger partial charge < -0.3 is 10.3 Å². The van der Waals surface area contributed by atoms with Gasteiger partial charge in [-0.25, -0.2) is 0 Å². The number of nitrogens with zero attached hydrogens (tertiary/aromatic N) is 1. The lowest BCUT2D eigenvalue weighted by atomic mass is 10.1. The molecule has 3 aromatic rings. The molecule has 0 bridgehead atoms. The van der Waals surface area contributed by atoms with Crippen molar-refractivity contribution in [1.29, 1.82) is 0 Å². The summed E-state index contributed by atoms with van der Waals surface area (Å²) in [5.41, 5.74) is 3.98. The Kier molecular flexibility index (Phi) is 3.44. The highest BCUT2D eigenvalue weighted by Crippen LogP contribution is 2.25. The van der Waals surface area contributed by atoms with Gasteiger partial charge in [0.15, 0.2) is 0 Å². The highest BCUT2D eigenvalue weighted by atomic mass is 16.1. The minimum Gasteiger partial charge on any atom is -0.354 e. The number of aromatic nitrogens is 2. The summed E-state index contributed by atoms with van der Waals surface area (Å²) in [7, 11) is 0. The van der Waals surface area contributed by atoms with Crippen LogP contribution < -0.4 is 5.32 Å². The van der Waals surface area contributed by atoms with Gasteiger partial charge in [0, 0.05) is 46.3 Å². The number of fused-ring (bicyclic) bond motifs is 3. The van der Waals surface area contributed by atoms with Crippen molar-refractivity contribution in [2.45, 2.75) is 19.8 Å². The zero-order chi connectivity index (χ0) is 14.8. The summed E-state index contributed by atoms with van der Waals surface area (Å²) in [5, 5.41) is 5.01. The molecule has 2 aromatic heterocycles. The van der Waals surface area contributed by atoms with Gasteiger partial charge >= 0.3 is 0 Å². The number of H-pyrrole nitrogens is 1. The van der Waals surface area contributed by atoms with E-state index in [0.29, 0.717) is 18.5 Å². The van der Waals surface area contributed by atoms with Crippen molar-refractivity contribution in [2.75, 3.05) is 0 Å². The Hall–Kier alpha value is -2.62. The first-order valence-electron chi connectivity index (χ1n) is 6.93. The van der Waals surface area contributed by atoms with Crippen LogP contribution in [0, 0.1) is 0 Å². The number of hydrogen-bond acceptors (Lipinski definition) is 2. The number of nitrogens with one attached hydrogen (secondary N) is 2. The predicted octanol–water partition coefficient (Wildman–Crippen LogP) is 3.30. The van der Waals surface area contributed by atoms with Gasteiger partial charge in [-0.1, -0.05) is 18.7 Å². The van der Waals surface area contributed by atoms with Crippen LogP contribution in [-0.2, 0) is 11.2 Å². The molecule has 0 saturated heterocycles. The molecule has 0 spiro atoms. The molecule has 21 heavy (non-hydrogen) atoms. The summed E-state index contributed by atoms with van der Waals surface area (Å²) in [6, 6.07) is 8.22. The van der Waals surface area contributed by atoms with E-state index in [1.807, 2.05) is 12.3 Å². The number of aryl methyl sites for hydroxylation is 1. The second kappa shape index (κ2) is 5.40. The number of benzene rings is 1. The minimum absolute atomic E-state index is 0.00319. The van der Waals surface area contributed by atoms with Crippen LogP contribution in [0.25, 0.3) is 21.8 Å². The lowest BCUT2D eigenvalue weighted by molar-refractivity contribution is -0.120. The molecule has 0 atom stereocenters. The third-order valence-electron chi connectivity index (χ3n) is 3.46. The van der Waals surface area contributed by atoms with Crippen LogP contribution in [0.2, 0.25) is 0 Å². The van der Waals surface area contributed by atoms with Crippen LogP contribution in [0.1, 0.15) is 18.9 Å². The fourth-order valence-corrected chi connectivity index (χ4v) is 2.51. The van der Waals surface area contributed by atoms with Crippen molar-refractivity contribution in [3.8, 4) is 0 Å². The molecule has 2 N–H and O–H groups in total. The Morgan fingerprint density at radius 1 is 1.29 bits per heavy atom. The van der Waals surface area contributed by atoms with Gasteiger partial charge in [-0.05, 0) is 31.0 Å². The molecule has 0 fully saturated rings. The van der Waals surface area contributed by atoms with Crippen LogP contribution in [0.5, 0.6) is 0 Å². The molecule has 1 aromatic carbocycles. The number of pyridine rings is 1. The lowest BCUT2D eigenvalue weighted by Gasteiger charge is -2.04. The molecule has 0 radical (unpaired) electrons. The molecule has 0 unspecified atom stereocenters.